The first kappa shape index (κ1) is 13.0. The Morgan fingerprint density at radius 2 is 2.09 bits per heavy atom. The first-order chi connectivity index (χ1) is 10.8. The highest BCUT2D eigenvalue weighted by Crippen LogP contribution is 2.33. The standard InChI is InChI=1S/C16H12N4OS/c21-16-19-18-10-20(16)9-11-6-7-15(22-11)13-3-1-5-14-12(13)4-2-8-17-14/h1-8,10H,9H2,(H,19,21). The zero-order chi connectivity index (χ0) is 14.9. The number of fused-ring (bicyclic) bond motifs is 1. The van der Waals surface area contributed by atoms with E-state index in [-0.39, 0.29) is 5.69 Å². The summed E-state index contributed by atoms with van der Waals surface area (Å²) in [5.41, 5.74) is 1.96. The Morgan fingerprint density at radius 3 is 2.95 bits per heavy atom. The largest absolute Gasteiger partial charge is 0.343 e. The average molecular weight is 308 g/mol. The van der Waals surface area contributed by atoms with E-state index in [1.807, 2.05) is 18.2 Å². The van der Waals surface area contributed by atoms with Crippen molar-refractivity contribution in [3.8, 4) is 10.4 Å². The number of nitrogens with zero attached hydrogens (tertiary/aromatic N) is 3. The van der Waals surface area contributed by atoms with Crippen molar-refractivity contribution in [2.45, 2.75) is 6.54 Å². The van der Waals surface area contributed by atoms with E-state index in [1.54, 1.807) is 22.1 Å². The van der Waals surface area contributed by atoms with Crippen molar-refractivity contribution >= 4 is 22.2 Å². The van der Waals surface area contributed by atoms with Crippen LogP contribution in [0.25, 0.3) is 21.3 Å². The number of thiophene rings is 1. The summed E-state index contributed by atoms with van der Waals surface area (Å²) in [6.45, 7) is 0.531. The van der Waals surface area contributed by atoms with Gasteiger partial charge in [-0.3, -0.25) is 9.55 Å². The normalized spacial score (nSPS) is 11.1. The predicted octanol–water partition coefficient (Wildman–Crippen LogP) is 2.90. The zero-order valence-corrected chi connectivity index (χ0v) is 12.4. The van der Waals surface area contributed by atoms with Gasteiger partial charge in [0.25, 0.3) is 0 Å². The fourth-order valence-corrected chi connectivity index (χ4v) is 3.52. The van der Waals surface area contributed by atoms with Gasteiger partial charge in [-0.1, -0.05) is 18.2 Å². The number of aromatic nitrogens is 4. The van der Waals surface area contributed by atoms with Crippen LogP contribution in [0.2, 0.25) is 0 Å². The second-order valence-corrected chi connectivity index (χ2v) is 6.10. The third-order valence-electron chi connectivity index (χ3n) is 3.52. The lowest BCUT2D eigenvalue weighted by Crippen LogP contribution is -2.16. The lowest BCUT2D eigenvalue weighted by molar-refractivity contribution is 0.772. The molecular weight excluding hydrogens is 296 g/mol. The van der Waals surface area contributed by atoms with Gasteiger partial charge in [-0.2, -0.15) is 5.10 Å². The van der Waals surface area contributed by atoms with Crippen LogP contribution in [0.5, 0.6) is 0 Å². The molecule has 108 valence electrons. The van der Waals surface area contributed by atoms with Gasteiger partial charge in [-0.05, 0) is 24.3 Å². The predicted molar refractivity (Wildman–Crippen MR) is 87.0 cm³/mol. The smallest absolute Gasteiger partial charge is 0.276 e. The van der Waals surface area contributed by atoms with Gasteiger partial charge in [0.05, 0.1) is 12.1 Å². The van der Waals surface area contributed by atoms with Gasteiger partial charge in [0.1, 0.15) is 6.33 Å². The first-order valence-corrected chi connectivity index (χ1v) is 7.65. The third-order valence-corrected chi connectivity index (χ3v) is 4.62. The number of rotatable bonds is 3. The molecule has 22 heavy (non-hydrogen) atoms. The molecule has 0 amide bonds. The van der Waals surface area contributed by atoms with Crippen LogP contribution in [-0.2, 0) is 6.54 Å². The Labute approximate surface area is 129 Å². The van der Waals surface area contributed by atoms with Gasteiger partial charge >= 0.3 is 5.69 Å². The summed E-state index contributed by atoms with van der Waals surface area (Å²) >= 11 is 1.68. The van der Waals surface area contributed by atoms with E-state index in [9.17, 15) is 4.79 Å². The number of aromatic amines is 1. The maximum atomic E-state index is 11.5. The van der Waals surface area contributed by atoms with Crippen LogP contribution in [0.1, 0.15) is 4.88 Å². The molecule has 0 saturated carbocycles. The van der Waals surface area contributed by atoms with E-state index in [0.717, 1.165) is 15.8 Å². The molecule has 0 unspecified atom stereocenters. The van der Waals surface area contributed by atoms with Gasteiger partial charge < -0.3 is 0 Å². The quantitative estimate of drug-likeness (QED) is 0.633. The molecule has 5 nitrogen and oxygen atoms in total. The number of H-pyrrole nitrogens is 1. The second kappa shape index (κ2) is 5.23. The molecule has 0 fully saturated rings. The van der Waals surface area contributed by atoms with Crippen LogP contribution in [0.4, 0.5) is 0 Å². The highest BCUT2D eigenvalue weighted by atomic mass is 32.1. The zero-order valence-electron chi connectivity index (χ0n) is 11.6. The Bertz CT molecular complexity index is 993. The van der Waals surface area contributed by atoms with Crippen LogP contribution in [0.15, 0.2) is 59.8 Å². The summed E-state index contributed by atoms with van der Waals surface area (Å²) in [6, 6.07) is 14.3. The summed E-state index contributed by atoms with van der Waals surface area (Å²) in [6.07, 6.45) is 3.32. The van der Waals surface area contributed by atoms with Crippen molar-refractivity contribution in [2.24, 2.45) is 0 Å². The maximum Gasteiger partial charge on any atom is 0.343 e. The van der Waals surface area contributed by atoms with Crippen molar-refractivity contribution in [1.82, 2.24) is 19.7 Å². The summed E-state index contributed by atoms with van der Waals surface area (Å²) in [5.74, 6) is 0. The van der Waals surface area contributed by atoms with Gasteiger partial charge in [-0.25, -0.2) is 9.89 Å². The van der Waals surface area contributed by atoms with Crippen molar-refractivity contribution in [1.29, 1.82) is 0 Å². The molecule has 0 aliphatic rings. The van der Waals surface area contributed by atoms with Crippen LogP contribution in [0.3, 0.4) is 0 Å². The van der Waals surface area contributed by atoms with E-state index in [1.165, 1.54) is 16.8 Å². The summed E-state index contributed by atoms with van der Waals surface area (Å²) < 4.78 is 1.56. The highest BCUT2D eigenvalue weighted by Gasteiger charge is 2.08. The summed E-state index contributed by atoms with van der Waals surface area (Å²) in [4.78, 5) is 18.2. The lowest BCUT2D eigenvalue weighted by atomic mass is 10.1. The van der Waals surface area contributed by atoms with Crippen molar-refractivity contribution in [3.05, 3.63) is 70.4 Å². The number of benzene rings is 1. The van der Waals surface area contributed by atoms with E-state index < -0.39 is 0 Å². The van der Waals surface area contributed by atoms with Crippen molar-refractivity contribution in [3.63, 3.8) is 0 Å². The Balaban J connectivity index is 1.74. The minimum atomic E-state index is -0.190. The molecule has 1 aromatic carbocycles. The highest BCUT2D eigenvalue weighted by molar-refractivity contribution is 7.15. The van der Waals surface area contributed by atoms with Crippen molar-refractivity contribution in [2.75, 3.05) is 0 Å². The number of hydrogen-bond acceptors (Lipinski definition) is 4. The van der Waals surface area contributed by atoms with Crippen molar-refractivity contribution < 1.29 is 0 Å². The van der Waals surface area contributed by atoms with Crippen LogP contribution >= 0.6 is 11.3 Å². The average Bonchev–Trinajstić information content (AvgIpc) is 3.17. The number of nitrogens with one attached hydrogen (secondary N) is 1. The van der Waals surface area contributed by atoms with Gasteiger partial charge in [0, 0.05) is 26.9 Å². The minimum absolute atomic E-state index is 0.190. The van der Waals surface area contributed by atoms with Crippen LogP contribution < -0.4 is 5.69 Å². The fraction of sp³-hybridized carbons (Fsp3) is 0.0625. The second-order valence-electron chi connectivity index (χ2n) is 4.93. The third kappa shape index (κ3) is 2.23. The van der Waals surface area contributed by atoms with Gasteiger partial charge in [0.2, 0.25) is 0 Å². The molecule has 0 radical (unpaired) electrons. The molecule has 0 aliphatic heterocycles. The monoisotopic (exact) mass is 308 g/mol. The van der Waals surface area contributed by atoms with E-state index in [4.69, 9.17) is 0 Å². The molecule has 1 N–H and O–H groups in total. The molecule has 3 aromatic heterocycles. The molecule has 3 heterocycles. The molecule has 4 aromatic rings. The van der Waals surface area contributed by atoms with Gasteiger partial charge in [-0.15, -0.1) is 11.3 Å². The van der Waals surface area contributed by atoms with Crippen LogP contribution in [-0.4, -0.2) is 19.7 Å². The van der Waals surface area contributed by atoms with E-state index >= 15 is 0 Å². The molecule has 0 saturated heterocycles. The first-order valence-electron chi connectivity index (χ1n) is 6.84. The molecule has 4 rings (SSSR count). The molecule has 6 heteroatoms. The SMILES string of the molecule is O=c1[nH]ncn1Cc1ccc(-c2cccc3ncccc23)s1. The lowest BCUT2D eigenvalue weighted by Gasteiger charge is -2.03. The molecule has 0 atom stereocenters. The Hall–Kier alpha value is -2.73. The molecule has 0 aliphatic carbocycles. The van der Waals surface area contributed by atoms with E-state index in [0.29, 0.717) is 6.54 Å². The summed E-state index contributed by atoms with van der Waals surface area (Å²) in [5, 5.41) is 7.29. The molecular formula is C16H12N4OS. The van der Waals surface area contributed by atoms with Crippen LogP contribution in [0, 0.1) is 0 Å². The summed E-state index contributed by atoms with van der Waals surface area (Å²) in [7, 11) is 0. The minimum Gasteiger partial charge on any atom is -0.276 e. The Kier molecular flexibility index (Phi) is 3.08. The van der Waals surface area contributed by atoms with Gasteiger partial charge in [0.15, 0.2) is 0 Å². The Morgan fingerprint density at radius 1 is 1.14 bits per heavy atom. The topological polar surface area (TPSA) is 63.6 Å². The maximum absolute atomic E-state index is 11.5. The van der Waals surface area contributed by atoms with E-state index in [2.05, 4.69) is 39.4 Å². The molecule has 0 spiro atoms. The number of pyridine rings is 1. The number of hydrogen-bond donors (Lipinski definition) is 1. The fourth-order valence-electron chi connectivity index (χ4n) is 2.48. The molecule has 0 bridgehead atoms.